The summed E-state index contributed by atoms with van der Waals surface area (Å²) in [4.78, 5) is 38.0. The van der Waals surface area contributed by atoms with Crippen LogP contribution in [0.1, 0.15) is 129 Å². The van der Waals surface area contributed by atoms with Gasteiger partial charge in [-0.1, -0.05) is 66.7 Å². The van der Waals surface area contributed by atoms with Gasteiger partial charge in [-0.05, 0) is 139 Å². The number of carbonyl (C=O) groups is 3. The van der Waals surface area contributed by atoms with E-state index in [-0.39, 0.29) is 45.3 Å². The van der Waals surface area contributed by atoms with Crippen molar-refractivity contribution in [3.8, 4) is 12.3 Å². The molecule has 0 aromatic heterocycles. The normalized spacial score (nSPS) is 40.2. The maximum absolute atomic E-state index is 14.3. The molecule has 6 nitrogen and oxygen atoms in total. The molecule has 4 saturated carbocycles. The quantitative estimate of drug-likeness (QED) is 0.255. The lowest BCUT2D eigenvalue weighted by molar-refractivity contribution is -0.222. The first-order chi connectivity index (χ1) is 22.4. The van der Waals surface area contributed by atoms with Crippen molar-refractivity contribution in [2.24, 2.45) is 62.6 Å². The maximum atomic E-state index is 14.3. The van der Waals surface area contributed by atoms with Crippen LogP contribution >= 0.6 is 0 Å². The van der Waals surface area contributed by atoms with Gasteiger partial charge in [0.15, 0.2) is 0 Å². The summed E-state index contributed by atoms with van der Waals surface area (Å²) < 4.78 is 0. The summed E-state index contributed by atoms with van der Waals surface area (Å²) in [6.07, 6.45) is 17.7. The molecule has 6 rings (SSSR count). The number of rotatable bonds is 7. The summed E-state index contributed by atoms with van der Waals surface area (Å²) in [5, 5.41) is 22.5. The molecule has 1 amide bonds. The lowest BCUT2D eigenvalue weighted by Crippen LogP contribution is -2.66. The summed E-state index contributed by atoms with van der Waals surface area (Å²) in [5.41, 5.74) is 2.43. The van der Waals surface area contributed by atoms with Crippen molar-refractivity contribution in [2.45, 2.75) is 119 Å². The molecule has 10 atom stereocenters. The van der Waals surface area contributed by atoms with Crippen molar-refractivity contribution in [2.75, 3.05) is 0 Å². The van der Waals surface area contributed by atoms with Gasteiger partial charge in [0.1, 0.15) is 6.04 Å². The number of carboxylic acids is 2. The number of hydrogen-bond donors (Lipinski definition) is 3. The number of aliphatic carboxylic acids is 1. The van der Waals surface area contributed by atoms with Gasteiger partial charge < -0.3 is 15.5 Å². The van der Waals surface area contributed by atoms with Crippen LogP contribution in [-0.4, -0.2) is 34.1 Å². The predicted molar refractivity (Wildman–Crippen MR) is 189 cm³/mol. The van der Waals surface area contributed by atoms with E-state index in [9.17, 15) is 24.6 Å². The Morgan fingerprint density at radius 2 is 1.60 bits per heavy atom. The van der Waals surface area contributed by atoms with Crippen LogP contribution in [0.2, 0.25) is 0 Å². The Balaban J connectivity index is 1.31. The van der Waals surface area contributed by atoms with Crippen LogP contribution in [0.4, 0.5) is 0 Å². The summed E-state index contributed by atoms with van der Waals surface area (Å²) in [6, 6.07) is 6.54. The van der Waals surface area contributed by atoms with E-state index in [1.54, 1.807) is 12.1 Å². The molecule has 0 saturated heterocycles. The lowest BCUT2D eigenvalue weighted by Gasteiger charge is -2.72. The Labute approximate surface area is 287 Å². The van der Waals surface area contributed by atoms with Gasteiger partial charge in [0.2, 0.25) is 5.91 Å². The second kappa shape index (κ2) is 11.8. The fourth-order valence-electron chi connectivity index (χ4n) is 13.0. The molecule has 0 radical (unpaired) electrons. The number of terminal acetylenes is 1. The van der Waals surface area contributed by atoms with Crippen molar-refractivity contribution < 1.29 is 24.6 Å². The van der Waals surface area contributed by atoms with Crippen molar-refractivity contribution in [1.29, 1.82) is 0 Å². The van der Waals surface area contributed by atoms with Gasteiger partial charge >= 0.3 is 11.9 Å². The van der Waals surface area contributed by atoms with E-state index in [1.165, 1.54) is 5.57 Å². The first-order valence-electron chi connectivity index (χ1n) is 18.5. The summed E-state index contributed by atoms with van der Waals surface area (Å²) in [7, 11) is 0. The molecular formula is C42H57NO5. The van der Waals surface area contributed by atoms with Crippen molar-refractivity contribution >= 4 is 23.4 Å². The zero-order chi connectivity index (χ0) is 35.0. The van der Waals surface area contributed by atoms with Crippen molar-refractivity contribution in [3.05, 3.63) is 41.5 Å². The topological polar surface area (TPSA) is 104 Å². The van der Waals surface area contributed by atoms with Gasteiger partial charge in [0.25, 0.3) is 0 Å². The van der Waals surface area contributed by atoms with E-state index < -0.39 is 23.4 Å². The molecular weight excluding hydrogens is 598 g/mol. The molecule has 5 aliphatic rings. The average molecular weight is 656 g/mol. The summed E-state index contributed by atoms with van der Waals surface area (Å²) in [5.74, 6) is 2.89. The molecule has 5 aliphatic carbocycles. The fourth-order valence-corrected chi connectivity index (χ4v) is 13.0. The molecule has 1 aromatic carbocycles. The number of carbonyl (C=O) groups excluding carboxylic acids is 1. The highest BCUT2D eigenvalue weighted by Crippen LogP contribution is 2.77. The molecule has 10 unspecified atom stereocenters. The number of amides is 1. The molecule has 3 N–H and O–H groups in total. The second-order valence-electron chi connectivity index (χ2n) is 18.2. The zero-order valence-electron chi connectivity index (χ0n) is 30.2. The van der Waals surface area contributed by atoms with Gasteiger partial charge in [-0.2, -0.15) is 0 Å². The first kappa shape index (κ1) is 34.8. The minimum Gasteiger partial charge on any atom is -0.480 e. The highest BCUT2D eigenvalue weighted by atomic mass is 16.4. The Kier molecular flexibility index (Phi) is 8.53. The minimum atomic E-state index is -0.958. The highest BCUT2D eigenvalue weighted by molar-refractivity contribution is 5.89. The number of fused-ring (bicyclic) bond motifs is 7. The molecule has 48 heavy (non-hydrogen) atoms. The van der Waals surface area contributed by atoms with E-state index >= 15 is 0 Å². The Hall–Kier alpha value is -3.07. The largest absolute Gasteiger partial charge is 0.480 e. The number of aromatic carboxylic acids is 1. The standard InChI is InChI=1S/C42H57NO5/c1-9-26-23-31-30-14-15-34-39(6)18-16-29(27-10-12-28(13-11-27)35(44)45)38(4,5)33(39)17-19-41(34,8)40(30,7)20-21-42(31,24-26)37(48)43-32(36(46)47)22-25(2)3/h1,10-13,16,25-26,30-34H,14-15,17-24H2,2-8H3,(H,43,48)(H,44,45)(H,46,47). The lowest BCUT2D eigenvalue weighted by atomic mass is 9.32. The first-order valence-corrected chi connectivity index (χ1v) is 18.5. The smallest absolute Gasteiger partial charge is 0.335 e. The molecule has 0 spiro atoms. The van der Waals surface area contributed by atoms with Crippen LogP contribution in [0.3, 0.4) is 0 Å². The molecule has 0 heterocycles. The van der Waals surface area contributed by atoms with Crippen LogP contribution in [0, 0.1) is 74.9 Å². The summed E-state index contributed by atoms with van der Waals surface area (Å²) >= 11 is 0. The molecule has 1 aromatic rings. The number of carboxylic acid groups (broad SMARTS) is 2. The minimum absolute atomic E-state index is 0.0440. The third kappa shape index (κ3) is 4.99. The van der Waals surface area contributed by atoms with Crippen LogP contribution in [0.5, 0.6) is 0 Å². The molecule has 4 fully saturated rings. The Morgan fingerprint density at radius 3 is 2.21 bits per heavy atom. The van der Waals surface area contributed by atoms with Gasteiger partial charge in [0.05, 0.1) is 11.0 Å². The van der Waals surface area contributed by atoms with E-state index in [0.717, 1.165) is 56.9 Å². The highest BCUT2D eigenvalue weighted by Gasteiger charge is 2.71. The summed E-state index contributed by atoms with van der Waals surface area (Å²) in [6.45, 7) is 16.5. The Morgan fingerprint density at radius 1 is 0.917 bits per heavy atom. The van der Waals surface area contributed by atoms with E-state index in [1.807, 2.05) is 26.0 Å². The molecule has 260 valence electrons. The number of allylic oxidation sites excluding steroid dienone is 2. The van der Waals surface area contributed by atoms with Crippen LogP contribution in [0.25, 0.3) is 5.57 Å². The van der Waals surface area contributed by atoms with Gasteiger partial charge in [-0.15, -0.1) is 12.3 Å². The number of nitrogens with one attached hydrogen (secondary N) is 1. The third-order valence-electron chi connectivity index (χ3n) is 15.4. The molecule has 0 bridgehead atoms. The van der Waals surface area contributed by atoms with E-state index in [4.69, 9.17) is 6.42 Å². The zero-order valence-corrected chi connectivity index (χ0v) is 30.2. The van der Waals surface area contributed by atoms with Crippen molar-refractivity contribution in [3.63, 3.8) is 0 Å². The van der Waals surface area contributed by atoms with Gasteiger partial charge in [-0.25, -0.2) is 9.59 Å². The van der Waals surface area contributed by atoms with Crippen LogP contribution < -0.4 is 5.32 Å². The monoisotopic (exact) mass is 655 g/mol. The van der Waals surface area contributed by atoms with E-state index in [0.29, 0.717) is 36.2 Å². The molecule has 0 aliphatic heterocycles. The average Bonchev–Trinajstić information content (AvgIpc) is 3.41. The van der Waals surface area contributed by atoms with Crippen LogP contribution in [0.15, 0.2) is 30.3 Å². The Bertz CT molecular complexity index is 1550. The van der Waals surface area contributed by atoms with E-state index in [2.05, 4.69) is 51.9 Å². The molecule has 6 heteroatoms. The number of benzene rings is 1. The second-order valence-corrected chi connectivity index (χ2v) is 18.2. The SMILES string of the molecule is C#CC1CC2C3CCC4C5(C)CC=C(c6ccc(C(=O)O)cc6)C(C)(C)C5CCC4(C)C3(C)CCC2(C(=O)NC(CC(C)C)C(=O)O)C1. The maximum Gasteiger partial charge on any atom is 0.335 e. The predicted octanol–water partition coefficient (Wildman–Crippen LogP) is 8.71. The van der Waals surface area contributed by atoms with Gasteiger partial charge in [-0.3, -0.25) is 4.79 Å². The fraction of sp³-hybridized carbons (Fsp3) is 0.690. The van der Waals surface area contributed by atoms with Crippen molar-refractivity contribution in [1.82, 2.24) is 5.32 Å². The van der Waals surface area contributed by atoms with Crippen LogP contribution in [-0.2, 0) is 9.59 Å². The number of hydrogen-bond acceptors (Lipinski definition) is 3. The third-order valence-corrected chi connectivity index (χ3v) is 15.4. The van der Waals surface area contributed by atoms with Gasteiger partial charge in [0, 0.05) is 5.92 Å².